The Hall–Kier alpha value is -1.54. The van der Waals surface area contributed by atoms with Crippen molar-refractivity contribution in [2.45, 2.75) is 52.1 Å². The van der Waals surface area contributed by atoms with E-state index < -0.39 is 6.10 Å². The van der Waals surface area contributed by atoms with Gasteiger partial charge in [-0.05, 0) is 49.2 Å². The first-order valence-electron chi connectivity index (χ1n) is 8.39. The van der Waals surface area contributed by atoms with Crippen molar-refractivity contribution in [1.82, 2.24) is 10.7 Å². The number of aliphatic hydroxyl groups is 1. The van der Waals surface area contributed by atoms with E-state index in [0.717, 1.165) is 18.6 Å². The SMILES string of the molecule is CC1CC(C)C(=NNC(N)=S)C(C(O)CC2CC(=O)NC(=O)C2)C1. The van der Waals surface area contributed by atoms with E-state index in [-0.39, 0.29) is 47.5 Å². The summed E-state index contributed by atoms with van der Waals surface area (Å²) in [4.78, 5) is 23.0. The van der Waals surface area contributed by atoms with Gasteiger partial charge in [-0.3, -0.25) is 20.3 Å². The molecule has 0 aromatic carbocycles. The molecule has 5 N–H and O–H groups in total. The average Bonchev–Trinajstić information content (AvgIpc) is 2.44. The summed E-state index contributed by atoms with van der Waals surface area (Å²) in [6, 6.07) is 0. The Labute approximate surface area is 147 Å². The smallest absolute Gasteiger partial charge is 0.226 e. The van der Waals surface area contributed by atoms with E-state index in [4.69, 9.17) is 18.0 Å². The fourth-order valence-corrected chi connectivity index (χ4v) is 3.98. The number of nitrogens with two attached hydrogens (primary N) is 1. The minimum Gasteiger partial charge on any atom is -0.392 e. The predicted molar refractivity (Wildman–Crippen MR) is 94.9 cm³/mol. The number of carbonyl (C=O) groups is 2. The van der Waals surface area contributed by atoms with Gasteiger partial charge in [-0.2, -0.15) is 5.10 Å². The third-order valence-corrected chi connectivity index (χ3v) is 4.95. The molecule has 2 fully saturated rings. The summed E-state index contributed by atoms with van der Waals surface area (Å²) in [5.74, 6) is -0.0914. The molecule has 0 aromatic rings. The molecule has 0 aromatic heterocycles. The summed E-state index contributed by atoms with van der Waals surface area (Å²) in [5, 5.41) is 17.5. The second kappa shape index (κ2) is 8.02. The van der Waals surface area contributed by atoms with Crippen LogP contribution in [0.1, 0.15) is 46.0 Å². The Kier molecular flexibility index (Phi) is 6.28. The van der Waals surface area contributed by atoms with Crippen molar-refractivity contribution < 1.29 is 14.7 Å². The van der Waals surface area contributed by atoms with Gasteiger partial charge in [-0.1, -0.05) is 13.8 Å². The first-order valence-corrected chi connectivity index (χ1v) is 8.80. The molecule has 1 heterocycles. The molecule has 1 saturated heterocycles. The number of piperidine rings is 1. The zero-order valence-electron chi connectivity index (χ0n) is 14.1. The lowest BCUT2D eigenvalue weighted by Crippen LogP contribution is -2.43. The van der Waals surface area contributed by atoms with Crippen LogP contribution in [0.15, 0.2) is 5.10 Å². The number of imide groups is 1. The minimum atomic E-state index is -0.647. The van der Waals surface area contributed by atoms with E-state index >= 15 is 0 Å². The Morgan fingerprint density at radius 3 is 2.58 bits per heavy atom. The van der Waals surface area contributed by atoms with Crippen molar-refractivity contribution in [3.8, 4) is 0 Å². The van der Waals surface area contributed by atoms with Crippen molar-refractivity contribution >= 4 is 34.9 Å². The lowest BCUT2D eigenvalue weighted by Gasteiger charge is -2.37. The molecular formula is C16H26N4O3S. The van der Waals surface area contributed by atoms with Crippen molar-refractivity contribution in [3.63, 3.8) is 0 Å². The fourth-order valence-electron chi connectivity index (χ4n) is 3.93. The Morgan fingerprint density at radius 1 is 1.38 bits per heavy atom. The number of carbonyl (C=O) groups excluding carboxylic acids is 2. The van der Waals surface area contributed by atoms with Gasteiger partial charge in [-0.25, -0.2) is 0 Å². The third-order valence-electron chi connectivity index (χ3n) is 4.86. The number of rotatable bonds is 4. The second-order valence-corrected chi connectivity index (χ2v) is 7.59. The maximum atomic E-state index is 11.5. The third kappa shape index (κ3) is 4.98. The highest BCUT2D eigenvalue weighted by atomic mass is 32.1. The van der Waals surface area contributed by atoms with Crippen LogP contribution in [0.4, 0.5) is 0 Å². The molecule has 134 valence electrons. The van der Waals surface area contributed by atoms with Crippen LogP contribution in [-0.4, -0.2) is 33.8 Å². The molecule has 0 bridgehead atoms. The van der Waals surface area contributed by atoms with E-state index in [1.807, 2.05) is 0 Å². The molecule has 1 aliphatic heterocycles. The summed E-state index contributed by atoms with van der Waals surface area (Å²) in [6.45, 7) is 4.23. The molecule has 2 rings (SSSR count). The van der Waals surface area contributed by atoms with Crippen LogP contribution in [0.5, 0.6) is 0 Å². The summed E-state index contributed by atoms with van der Waals surface area (Å²) in [6.07, 6.45) is 2.12. The van der Waals surface area contributed by atoms with Crippen molar-refractivity contribution in [2.75, 3.05) is 0 Å². The zero-order valence-corrected chi connectivity index (χ0v) is 14.9. The molecule has 1 saturated carbocycles. The number of aliphatic hydroxyl groups excluding tert-OH is 1. The Balaban J connectivity index is 2.09. The Morgan fingerprint density at radius 2 is 2.00 bits per heavy atom. The molecule has 7 nitrogen and oxygen atoms in total. The largest absolute Gasteiger partial charge is 0.392 e. The van der Waals surface area contributed by atoms with Crippen LogP contribution >= 0.6 is 12.2 Å². The first-order chi connectivity index (χ1) is 11.3. The second-order valence-electron chi connectivity index (χ2n) is 7.15. The van der Waals surface area contributed by atoms with Gasteiger partial charge in [0, 0.05) is 24.5 Å². The van der Waals surface area contributed by atoms with Gasteiger partial charge in [0.2, 0.25) is 11.8 Å². The summed E-state index contributed by atoms with van der Waals surface area (Å²) in [7, 11) is 0. The van der Waals surface area contributed by atoms with Crippen LogP contribution in [-0.2, 0) is 9.59 Å². The van der Waals surface area contributed by atoms with Crippen LogP contribution in [0.2, 0.25) is 0 Å². The van der Waals surface area contributed by atoms with Crippen LogP contribution in [0.3, 0.4) is 0 Å². The van der Waals surface area contributed by atoms with Crippen molar-refractivity contribution in [3.05, 3.63) is 0 Å². The number of thiocarbonyl (C=S) groups is 1. The quantitative estimate of drug-likeness (QED) is 0.335. The van der Waals surface area contributed by atoms with Gasteiger partial charge in [0.25, 0.3) is 0 Å². The van der Waals surface area contributed by atoms with E-state index in [0.29, 0.717) is 12.3 Å². The molecule has 4 atom stereocenters. The molecule has 2 amide bonds. The number of nitrogens with zero attached hydrogens (tertiary/aromatic N) is 1. The van der Waals surface area contributed by atoms with Gasteiger partial charge >= 0.3 is 0 Å². The van der Waals surface area contributed by atoms with Gasteiger partial charge in [0.1, 0.15) is 0 Å². The topological polar surface area (TPSA) is 117 Å². The van der Waals surface area contributed by atoms with Crippen LogP contribution in [0.25, 0.3) is 0 Å². The zero-order chi connectivity index (χ0) is 17.9. The molecule has 8 heteroatoms. The average molecular weight is 354 g/mol. The summed E-state index contributed by atoms with van der Waals surface area (Å²) < 4.78 is 0. The number of hydrogen-bond acceptors (Lipinski definition) is 5. The predicted octanol–water partition coefficient (Wildman–Crippen LogP) is 0.662. The first kappa shape index (κ1) is 18.8. The molecule has 24 heavy (non-hydrogen) atoms. The standard InChI is InChI=1S/C16H26N4O3S/c1-8-3-9(2)15(19-20-16(17)24)11(4-8)12(21)5-10-6-13(22)18-14(23)7-10/h8-12,21H,3-7H2,1-2H3,(H3,17,20,24)(H,18,22,23). The highest BCUT2D eigenvalue weighted by Gasteiger charge is 2.37. The molecule has 0 spiro atoms. The highest BCUT2D eigenvalue weighted by Crippen LogP contribution is 2.35. The Bertz CT molecular complexity index is 535. The highest BCUT2D eigenvalue weighted by molar-refractivity contribution is 7.80. The van der Waals surface area contributed by atoms with E-state index in [1.54, 1.807) is 0 Å². The molecule has 1 aliphatic carbocycles. The van der Waals surface area contributed by atoms with Crippen molar-refractivity contribution in [2.24, 2.45) is 34.5 Å². The number of amides is 2. The number of nitrogens with one attached hydrogen (secondary N) is 2. The van der Waals surface area contributed by atoms with Crippen molar-refractivity contribution in [1.29, 1.82) is 0 Å². The number of hydrogen-bond donors (Lipinski definition) is 4. The van der Waals surface area contributed by atoms with Gasteiger partial charge in [0.15, 0.2) is 5.11 Å². The van der Waals surface area contributed by atoms with E-state index in [1.165, 1.54) is 0 Å². The van der Waals surface area contributed by atoms with Gasteiger partial charge in [-0.15, -0.1) is 0 Å². The van der Waals surface area contributed by atoms with Crippen LogP contribution < -0.4 is 16.5 Å². The lowest BCUT2D eigenvalue weighted by atomic mass is 9.71. The summed E-state index contributed by atoms with van der Waals surface area (Å²) >= 11 is 4.80. The monoisotopic (exact) mass is 354 g/mol. The molecule has 2 aliphatic rings. The minimum absolute atomic E-state index is 0.0936. The molecular weight excluding hydrogens is 328 g/mol. The van der Waals surface area contributed by atoms with Crippen LogP contribution in [0, 0.1) is 23.7 Å². The lowest BCUT2D eigenvalue weighted by molar-refractivity contribution is -0.135. The maximum absolute atomic E-state index is 11.5. The molecule has 0 radical (unpaired) electrons. The normalized spacial score (nSPS) is 31.6. The summed E-state index contributed by atoms with van der Waals surface area (Å²) in [5.41, 5.74) is 8.94. The van der Waals surface area contributed by atoms with E-state index in [2.05, 4.69) is 29.7 Å². The molecule has 4 unspecified atom stereocenters. The number of hydrazone groups is 1. The van der Waals surface area contributed by atoms with Gasteiger partial charge < -0.3 is 10.8 Å². The van der Waals surface area contributed by atoms with E-state index in [9.17, 15) is 14.7 Å². The fraction of sp³-hybridized carbons (Fsp3) is 0.750. The maximum Gasteiger partial charge on any atom is 0.226 e. The van der Waals surface area contributed by atoms with Gasteiger partial charge in [0.05, 0.1) is 6.10 Å².